The molecule has 0 aromatic heterocycles. The molecule has 0 bridgehead atoms. The van der Waals surface area contributed by atoms with Gasteiger partial charge in [0.15, 0.2) is 0 Å². The molecular weight excluding hydrogens is 392 g/mol. The van der Waals surface area contributed by atoms with Crippen LogP contribution in [0.25, 0.3) is 0 Å². The predicted molar refractivity (Wildman–Crippen MR) is 108 cm³/mol. The second kappa shape index (κ2) is 9.73. The normalized spacial score (nSPS) is 11.9. The molecule has 9 nitrogen and oxygen atoms in total. The van der Waals surface area contributed by atoms with E-state index in [1.807, 2.05) is 6.07 Å². The summed E-state index contributed by atoms with van der Waals surface area (Å²) in [5.74, 6) is 0.140. The monoisotopic (exact) mass is 416 g/mol. The Morgan fingerprint density at radius 2 is 1.77 bits per heavy atom. The van der Waals surface area contributed by atoms with Gasteiger partial charge in [-0.15, -0.1) is 0 Å². The molecule has 0 heterocycles. The summed E-state index contributed by atoms with van der Waals surface area (Å²) >= 11 is 0. The van der Waals surface area contributed by atoms with E-state index < -0.39 is 28.6 Å². The van der Waals surface area contributed by atoms with E-state index in [1.54, 1.807) is 45.0 Å². The van der Waals surface area contributed by atoms with Gasteiger partial charge in [-0.1, -0.05) is 18.2 Å². The van der Waals surface area contributed by atoms with Crippen LogP contribution in [0.15, 0.2) is 48.5 Å². The highest BCUT2D eigenvalue weighted by Crippen LogP contribution is 2.28. The van der Waals surface area contributed by atoms with Crippen molar-refractivity contribution in [3.8, 4) is 11.5 Å². The minimum atomic E-state index is -1.18. The van der Waals surface area contributed by atoms with Crippen molar-refractivity contribution >= 4 is 17.7 Å². The van der Waals surface area contributed by atoms with Crippen LogP contribution in [0.1, 0.15) is 26.3 Å². The zero-order valence-electron chi connectivity index (χ0n) is 17.2. The van der Waals surface area contributed by atoms with Gasteiger partial charge in [0.2, 0.25) is 0 Å². The van der Waals surface area contributed by atoms with Gasteiger partial charge in [0.1, 0.15) is 23.1 Å². The molecule has 2 rings (SSSR count). The van der Waals surface area contributed by atoms with E-state index in [9.17, 15) is 19.7 Å². The number of carbonyl (C=O) groups excluding carboxylic acids is 2. The van der Waals surface area contributed by atoms with E-state index >= 15 is 0 Å². The molecular formula is C21H24N2O7. The second-order valence-corrected chi connectivity index (χ2v) is 7.39. The Bertz CT molecular complexity index is 907. The number of alkyl carbamates (subject to hydrolysis) is 1. The summed E-state index contributed by atoms with van der Waals surface area (Å²) in [5.41, 5.74) is -0.796. The quantitative estimate of drug-likeness (QED) is 0.412. The van der Waals surface area contributed by atoms with Crippen molar-refractivity contribution in [2.75, 3.05) is 7.11 Å². The van der Waals surface area contributed by atoms with Crippen molar-refractivity contribution in [3.05, 3.63) is 64.2 Å². The Morgan fingerprint density at radius 3 is 2.33 bits per heavy atom. The largest absolute Gasteiger partial charge is 0.467 e. The first-order chi connectivity index (χ1) is 14.1. The highest BCUT2D eigenvalue weighted by Gasteiger charge is 2.28. The molecule has 1 amide bonds. The topological polar surface area (TPSA) is 117 Å². The lowest BCUT2D eigenvalue weighted by atomic mass is 10.0. The number of para-hydroxylation sites is 1. The van der Waals surface area contributed by atoms with Crippen LogP contribution in [0.4, 0.5) is 10.5 Å². The number of rotatable bonds is 7. The number of esters is 1. The molecule has 0 unspecified atom stereocenters. The third-order valence-electron chi connectivity index (χ3n) is 3.83. The number of methoxy groups -OCH3 is 1. The standard InChI is InChI=1S/C21H24N2O7/c1-21(2,3)30-20(25)22-17(19(24)28-4)13-14-12-16(10-11-18(14)23(26)27)29-15-8-6-5-7-9-15/h5-12,17H,13H2,1-4H3,(H,22,25)/t17-/m0/s1. The Morgan fingerprint density at radius 1 is 1.10 bits per heavy atom. The smallest absolute Gasteiger partial charge is 0.408 e. The van der Waals surface area contributed by atoms with Crippen molar-refractivity contribution < 1.29 is 28.7 Å². The molecule has 160 valence electrons. The van der Waals surface area contributed by atoms with E-state index in [-0.39, 0.29) is 17.7 Å². The van der Waals surface area contributed by atoms with Crippen molar-refractivity contribution in [1.82, 2.24) is 5.32 Å². The summed E-state index contributed by atoms with van der Waals surface area (Å²) in [5, 5.41) is 13.9. The van der Waals surface area contributed by atoms with Crippen LogP contribution in [-0.4, -0.2) is 35.7 Å². The van der Waals surface area contributed by atoms with Gasteiger partial charge in [0, 0.05) is 18.1 Å². The molecule has 0 aliphatic heterocycles. The molecule has 30 heavy (non-hydrogen) atoms. The van der Waals surface area contributed by atoms with Crippen LogP contribution < -0.4 is 10.1 Å². The van der Waals surface area contributed by atoms with Crippen molar-refractivity contribution in [2.45, 2.75) is 38.8 Å². The van der Waals surface area contributed by atoms with Gasteiger partial charge < -0.3 is 19.5 Å². The van der Waals surface area contributed by atoms with E-state index in [0.29, 0.717) is 11.5 Å². The van der Waals surface area contributed by atoms with E-state index in [1.165, 1.54) is 18.2 Å². The first-order valence-electron chi connectivity index (χ1n) is 9.16. The van der Waals surface area contributed by atoms with E-state index in [0.717, 1.165) is 7.11 Å². The fourth-order valence-electron chi connectivity index (χ4n) is 2.60. The summed E-state index contributed by atoms with van der Waals surface area (Å²) in [6.07, 6.45) is -1.02. The molecule has 1 atom stereocenters. The molecule has 2 aromatic carbocycles. The molecule has 0 saturated heterocycles. The molecule has 1 N–H and O–H groups in total. The Hall–Kier alpha value is -3.62. The zero-order chi connectivity index (χ0) is 22.3. The van der Waals surface area contributed by atoms with Gasteiger partial charge in [0.05, 0.1) is 12.0 Å². The summed E-state index contributed by atoms with van der Waals surface area (Å²) in [6, 6.07) is 11.9. The third-order valence-corrected chi connectivity index (χ3v) is 3.83. The fourth-order valence-corrected chi connectivity index (χ4v) is 2.60. The van der Waals surface area contributed by atoms with E-state index in [2.05, 4.69) is 5.32 Å². The number of hydrogen-bond acceptors (Lipinski definition) is 7. The van der Waals surface area contributed by atoms with Crippen molar-refractivity contribution in [2.24, 2.45) is 0 Å². The number of nitro benzene ring substituents is 1. The number of ether oxygens (including phenoxy) is 3. The van der Waals surface area contributed by atoms with Crippen LogP contribution in [0.5, 0.6) is 11.5 Å². The summed E-state index contributed by atoms with van der Waals surface area (Å²) in [7, 11) is 1.16. The third kappa shape index (κ3) is 6.77. The molecule has 2 aromatic rings. The Kier molecular flexibility index (Phi) is 7.35. The Balaban J connectivity index is 2.30. The number of nitrogens with one attached hydrogen (secondary N) is 1. The van der Waals surface area contributed by atoms with Crippen molar-refractivity contribution in [3.63, 3.8) is 0 Å². The van der Waals surface area contributed by atoms with Crippen LogP contribution in [-0.2, 0) is 20.7 Å². The van der Waals surface area contributed by atoms with Crippen LogP contribution in [0, 0.1) is 10.1 Å². The summed E-state index contributed by atoms with van der Waals surface area (Å²) in [6.45, 7) is 5.03. The molecule has 0 spiro atoms. The predicted octanol–water partition coefficient (Wildman–Crippen LogP) is 4.00. The highest BCUT2D eigenvalue weighted by molar-refractivity contribution is 5.82. The maximum Gasteiger partial charge on any atom is 0.408 e. The fraction of sp³-hybridized carbons (Fsp3) is 0.333. The van der Waals surface area contributed by atoms with E-state index in [4.69, 9.17) is 14.2 Å². The van der Waals surface area contributed by atoms with Gasteiger partial charge in [-0.2, -0.15) is 0 Å². The van der Waals surface area contributed by atoms with Gasteiger partial charge >= 0.3 is 12.1 Å². The average molecular weight is 416 g/mol. The SMILES string of the molecule is COC(=O)[C@H](Cc1cc(Oc2ccccc2)ccc1[N+](=O)[O-])NC(=O)OC(C)(C)C. The lowest BCUT2D eigenvalue weighted by Crippen LogP contribution is -2.45. The lowest BCUT2D eigenvalue weighted by Gasteiger charge is -2.22. The van der Waals surface area contributed by atoms with Gasteiger partial charge in [-0.3, -0.25) is 10.1 Å². The number of benzene rings is 2. The first kappa shape index (κ1) is 22.7. The Labute approximate surface area is 174 Å². The number of carbonyl (C=O) groups is 2. The first-order valence-corrected chi connectivity index (χ1v) is 9.16. The molecule has 9 heteroatoms. The highest BCUT2D eigenvalue weighted by atomic mass is 16.6. The number of amides is 1. The van der Waals surface area contributed by atoms with Gasteiger partial charge in [-0.25, -0.2) is 9.59 Å². The molecule has 0 saturated carbocycles. The number of hydrogen-bond donors (Lipinski definition) is 1. The van der Waals surface area contributed by atoms with Crippen LogP contribution >= 0.6 is 0 Å². The summed E-state index contributed by atoms with van der Waals surface area (Å²) in [4.78, 5) is 35.2. The van der Waals surface area contributed by atoms with Crippen molar-refractivity contribution in [1.29, 1.82) is 0 Å². The minimum Gasteiger partial charge on any atom is -0.467 e. The minimum absolute atomic E-state index is 0.186. The van der Waals surface area contributed by atoms with Gasteiger partial charge in [-0.05, 0) is 45.0 Å². The lowest BCUT2D eigenvalue weighted by molar-refractivity contribution is -0.385. The number of nitro groups is 1. The molecule has 0 aliphatic carbocycles. The number of nitrogens with zero attached hydrogens (tertiary/aromatic N) is 1. The maximum atomic E-state index is 12.2. The molecule has 0 fully saturated rings. The zero-order valence-corrected chi connectivity index (χ0v) is 17.2. The molecule has 0 radical (unpaired) electrons. The van der Waals surface area contributed by atoms with Crippen LogP contribution in [0.2, 0.25) is 0 Å². The second-order valence-electron chi connectivity index (χ2n) is 7.39. The van der Waals surface area contributed by atoms with Gasteiger partial charge in [0.25, 0.3) is 5.69 Å². The maximum absolute atomic E-state index is 12.2. The molecule has 0 aliphatic rings. The summed E-state index contributed by atoms with van der Waals surface area (Å²) < 4.78 is 15.6. The average Bonchev–Trinajstić information content (AvgIpc) is 2.66. The van der Waals surface area contributed by atoms with Crippen LogP contribution in [0.3, 0.4) is 0 Å².